The monoisotopic (exact) mass is 367 g/mol. The van der Waals surface area contributed by atoms with Gasteiger partial charge in [-0.25, -0.2) is 8.42 Å². The first kappa shape index (κ1) is 17.3. The molecule has 0 aliphatic carbocycles. The second-order valence-electron chi connectivity index (χ2n) is 5.59. The number of carbonyl (C=O) groups is 1. The third kappa shape index (κ3) is 3.63. The standard InChI is InChI=1S/C17H15F2NO4S/c18-17(19)25(22,23)14-7-5-11(6-8-14)16(21)20-10-13-9-12-3-1-2-4-15(12)24-13/h1-8,13,17H,9-10H2,(H,20,21). The maximum atomic E-state index is 12.5. The molecule has 132 valence electrons. The van der Waals surface area contributed by atoms with Crippen LogP contribution in [-0.2, 0) is 16.3 Å². The van der Waals surface area contributed by atoms with Crippen molar-refractivity contribution in [2.75, 3.05) is 6.54 Å². The Morgan fingerprint density at radius 2 is 1.84 bits per heavy atom. The summed E-state index contributed by atoms with van der Waals surface area (Å²) in [5.74, 6) is -3.13. The van der Waals surface area contributed by atoms with Crippen molar-refractivity contribution in [3.63, 3.8) is 0 Å². The quantitative estimate of drug-likeness (QED) is 0.881. The molecule has 1 amide bonds. The molecule has 0 saturated carbocycles. The second-order valence-corrected chi connectivity index (χ2v) is 7.51. The van der Waals surface area contributed by atoms with Crippen molar-refractivity contribution >= 4 is 15.7 Å². The molecule has 1 atom stereocenters. The van der Waals surface area contributed by atoms with Crippen LogP contribution in [0.15, 0.2) is 53.4 Å². The molecular weight excluding hydrogens is 352 g/mol. The van der Waals surface area contributed by atoms with Crippen LogP contribution in [0.4, 0.5) is 8.78 Å². The summed E-state index contributed by atoms with van der Waals surface area (Å²) in [5, 5.41) is 2.70. The number of benzene rings is 2. The molecule has 0 aromatic heterocycles. The average molecular weight is 367 g/mol. The highest BCUT2D eigenvalue weighted by Crippen LogP contribution is 2.27. The van der Waals surface area contributed by atoms with Crippen LogP contribution in [0, 0.1) is 0 Å². The van der Waals surface area contributed by atoms with Gasteiger partial charge in [-0.1, -0.05) is 18.2 Å². The average Bonchev–Trinajstić information content (AvgIpc) is 3.02. The van der Waals surface area contributed by atoms with Crippen LogP contribution in [-0.4, -0.2) is 32.7 Å². The molecule has 2 aromatic rings. The van der Waals surface area contributed by atoms with E-state index >= 15 is 0 Å². The Labute approximate surface area is 143 Å². The molecule has 1 aliphatic heterocycles. The minimum Gasteiger partial charge on any atom is -0.488 e. The summed E-state index contributed by atoms with van der Waals surface area (Å²) in [4.78, 5) is 11.6. The predicted molar refractivity (Wildman–Crippen MR) is 86.5 cm³/mol. The van der Waals surface area contributed by atoms with Gasteiger partial charge in [0.2, 0.25) is 9.84 Å². The van der Waals surface area contributed by atoms with E-state index in [-0.39, 0.29) is 18.2 Å². The smallest absolute Gasteiger partial charge is 0.341 e. The van der Waals surface area contributed by atoms with E-state index in [2.05, 4.69) is 5.32 Å². The van der Waals surface area contributed by atoms with E-state index in [4.69, 9.17) is 4.74 Å². The highest BCUT2D eigenvalue weighted by Gasteiger charge is 2.27. The molecule has 0 saturated heterocycles. The molecule has 1 unspecified atom stereocenters. The van der Waals surface area contributed by atoms with Gasteiger partial charge < -0.3 is 10.1 Å². The van der Waals surface area contributed by atoms with E-state index in [1.165, 1.54) is 12.1 Å². The van der Waals surface area contributed by atoms with E-state index in [1.54, 1.807) is 0 Å². The molecular formula is C17H15F2NO4S. The third-order valence-electron chi connectivity index (χ3n) is 3.88. The number of nitrogens with one attached hydrogen (secondary N) is 1. The van der Waals surface area contributed by atoms with Crippen molar-refractivity contribution in [1.82, 2.24) is 5.32 Å². The number of hydrogen-bond donors (Lipinski definition) is 1. The van der Waals surface area contributed by atoms with Gasteiger partial charge >= 0.3 is 5.76 Å². The number of carbonyl (C=O) groups excluding carboxylic acids is 1. The molecule has 3 rings (SSSR count). The van der Waals surface area contributed by atoms with Crippen LogP contribution in [0.3, 0.4) is 0 Å². The lowest BCUT2D eigenvalue weighted by Crippen LogP contribution is -2.34. The maximum Gasteiger partial charge on any atom is 0.341 e. The number of fused-ring (bicyclic) bond motifs is 1. The Kier molecular flexibility index (Phi) is 4.71. The zero-order valence-electron chi connectivity index (χ0n) is 13.0. The van der Waals surface area contributed by atoms with Crippen molar-refractivity contribution < 1.29 is 26.7 Å². The van der Waals surface area contributed by atoms with Crippen LogP contribution in [0.2, 0.25) is 0 Å². The van der Waals surface area contributed by atoms with Crippen molar-refractivity contribution in [3.8, 4) is 5.75 Å². The van der Waals surface area contributed by atoms with E-state index in [0.29, 0.717) is 6.42 Å². The van der Waals surface area contributed by atoms with Gasteiger partial charge in [0.25, 0.3) is 5.91 Å². The van der Waals surface area contributed by atoms with Gasteiger partial charge in [0.1, 0.15) is 11.9 Å². The molecule has 1 N–H and O–H groups in total. The first-order valence-corrected chi connectivity index (χ1v) is 9.07. The zero-order chi connectivity index (χ0) is 18.0. The number of sulfone groups is 1. The molecule has 5 nitrogen and oxygen atoms in total. The summed E-state index contributed by atoms with van der Waals surface area (Å²) < 4.78 is 53.4. The summed E-state index contributed by atoms with van der Waals surface area (Å²) in [7, 11) is -4.66. The number of halogens is 2. The molecule has 8 heteroatoms. The van der Waals surface area contributed by atoms with Crippen molar-refractivity contribution in [2.45, 2.75) is 23.2 Å². The van der Waals surface area contributed by atoms with Gasteiger partial charge in [0.05, 0.1) is 11.4 Å². The molecule has 0 fully saturated rings. The van der Waals surface area contributed by atoms with E-state index in [9.17, 15) is 22.0 Å². The third-order valence-corrected chi connectivity index (χ3v) is 5.28. The fraction of sp³-hybridized carbons (Fsp3) is 0.235. The second kappa shape index (κ2) is 6.79. The van der Waals surface area contributed by atoms with Gasteiger partial charge in [-0.3, -0.25) is 4.79 Å². The van der Waals surface area contributed by atoms with Crippen molar-refractivity contribution in [2.24, 2.45) is 0 Å². The van der Waals surface area contributed by atoms with Crippen molar-refractivity contribution in [1.29, 1.82) is 0 Å². The van der Waals surface area contributed by atoms with E-state index in [1.807, 2.05) is 24.3 Å². The lowest BCUT2D eigenvalue weighted by Gasteiger charge is -2.12. The molecule has 2 aromatic carbocycles. The molecule has 0 bridgehead atoms. The number of alkyl halides is 2. The SMILES string of the molecule is O=C(NCC1Cc2ccccc2O1)c1ccc(S(=O)(=O)C(F)F)cc1. The van der Waals surface area contributed by atoms with Crippen LogP contribution >= 0.6 is 0 Å². The Balaban J connectivity index is 1.59. The Morgan fingerprint density at radius 3 is 2.48 bits per heavy atom. The summed E-state index contributed by atoms with van der Waals surface area (Å²) in [6, 6.07) is 12.0. The van der Waals surface area contributed by atoms with Crippen LogP contribution in [0.1, 0.15) is 15.9 Å². The lowest BCUT2D eigenvalue weighted by atomic mass is 10.1. The summed E-state index contributed by atoms with van der Waals surface area (Å²) in [6.45, 7) is 0.282. The Morgan fingerprint density at radius 1 is 1.16 bits per heavy atom. The minimum atomic E-state index is -4.66. The van der Waals surface area contributed by atoms with E-state index in [0.717, 1.165) is 23.4 Å². The Bertz CT molecular complexity index is 857. The topological polar surface area (TPSA) is 72.5 Å². The largest absolute Gasteiger partial charge is 0.488 e. The lowest BCUT2D eigenvalue weighted by molar-refractivity contribution is 0.0933. The number of ether oxygens (including phenoxy) is 1. The van der Waals surface area contributed by atoms with Gasteiger partial charge in [0.15, 0.2) is 0 Å². The first-order valence-electron chi connectivity index (χ1n) is 7.53. The fourth-order valence-corrected chi connectivity index (χ4v) is 3.30. The number of para-hydroxylation sites is 1. The zero-order valence-corrected chi connectivity index (χ0v) is 13.8. The van der Waals surface area contributed by atoms with Gasteiger partial charge in [-0.05, 0) is 35.9 Å². The number of rotatable bonds is 5. The maximum absolute atomic E-state index is 12.5. The van der Waals surface area contributed by atoms with Gasteiger partial charge in [-0.2, -0.15) is 8.78 Å². The number of amides is 1. The van der Waals surface area contributed by atoms with Gasteiger partial charge in [-0.15, -0.1) is 0 Å². The molecule has 25 heavy (non-hydrogen) atoms. The summed E-state index contributed by atoms with van der Waals surface area (Å²) >= 11 is 0. The Hall–Kier alpha value is -2.48. The minimum absolute atomic E-state index is 0.181. The first-order chi connectivity index (χ1) is 11.9. The van der Waals surface area contributed by atoms with Crippen molar-refractivity contribution in [3.05, 3.63) is 59.7 Å². The molecule has 0 spiro atoms. The normalized spacial score (nSPS) is 16.4. The van der Waals surface area contributed by atoms with Crippen LogP contribution in [0.5, 0.6) is 5.75 Å². The number of hydrogen-bond acceptors (Lipinski definition) is 4. The summed E-state index contributed by atoms with van der Waals surface area (Å²) in [5.41, 5.74) is 1.26. The summed E-state index contributed by atoms with van der Waals surface area (Å²) in [6.07, 6.45) is 0.502. The van der Waals surface area contributed by atoms with Crippen LogP contribution in [0.25, 0.3) is 0 Å². The molecule has 1 aliphatic rings. The highest BCUT2D eigenvalue weighted by molar-refractivity contribution is 7.91. The molecule has 0 radical (unpaired) electrons. The van der Waals surface area contributed by atoms with Crippen LogP contribution < -0.4 is 10.1 Å². The van der Waals surface area contributed by atoms with Gasteiger partial charge in [0, 0.05) is 12.0 Å². The molecule has 1 heterocycles. The fourth-order valence-electron chi connectivity index (χ4n) is 2.58. The highest BCUT2D eigenvalue weighted by atomic mass is 32.2. The van der Waals surface area contributed by atoms with E-state index < -0.39 is 26.4 Å². The predicted octanol–water partition coefficient (Wildman–Crippen LogP) is 2.42.